The van der Waals surface area contributed by atoms with E-state index in [4.69, 9.17) is 0 Å². The van der Waals surface area contributed by atoms with Crippen molar-refractivity contribution in [3.05, 3.63) is 59.2 Å². The average Bonchev–Trinajstić information content (AvgIpc) is 2.83. The van der Waals surface area contributed by atoms with Crippen LogP contribution in [0.1, 0.15) is 79.8 Å². The summed E-state index contributed by atoms with van der Waals surface area (Å²) >= 11 is 0. The van der Waals surface area contributed by atoms with Crippen molar-refractivity contribution >= 4 is 23.2 Å². The zero-order chi connectivity index (χ0) is 22.3. The Kier molecular flexibility index (Phi) is 7.46. The Bertz CT molecular complexity index is 950. The van der Waals surface area contributed by atoms with E-state index in [1.165, 1.54) is 30.4 Å². The summed E-state index contributed by atoms with van der Waals surface area (Å²) in [5, 5.41) is 6.25. The van der Waals surface area contributed by atoms with Crippen molar-refractivity contribution in [2.24, 2.45) is 0 Å². The highest BCUT2D eigenvalue weighted by atomic mass is 16.2. The van der Waals surface area contributed by atoms with Gasteiger partial charge >= 0.3 is 0 Å². The molecule has 4 rings (SSSR count). The molecule has 1 saturated carbocycles. The molecule has 2 amide bonds. The van der Waals surface area contributed by atoms with Gasteiger partial charge in [-0.1, -0.05) is 56.9 Å². The molecule has 1 aliphatic carbocycles. The number of unbranched alkanes of at least 4 members (excludes halogenated alkanes) is 1. The molecular weight excluding hydrogens is 398 g/mol. The van der Waals surface area contributed by atoms with Gasteiger partial charge < -0.3 is 15.5 Å². The van der Waals surface area contributed by atoms with Crippen LogP contribution in [0.4, 0.5) is 11.4 Å². The highest BCUT2D eigenvalue weighted by molar-refractivity contribution is 6.02. The summed E-state index contributed by atoms with van der Waals surface area (Å²) in [6.45, 7) is 3.75. The van der Waals surface area contributed by atoms with E-state index in [1.54, 1.807) is 0 Å². The van der Waals surface area contributed by atoms with Gasteiger partial charge in [0.05, 0.1) is 5.56 Å². The van der Waals surface area contributed by atoms with Gasteiger partial charge in [0.15, 0.2) is 0 Å². The van der Waals surface area contributed by atoms with Crippen LogP contribution in [0.15, 0.2) is 42.5 Å². The van der Waals surface area contributed by atoms with E-state index in [2.05, 4.69) is 46.7 Å². The Hall–Kier alpha value is -2.82. The molecule has 2 aromatic carbocycles. The quantitative estimate of drug-likeness (QED) is 0.611. The van der Waals surface area contributed by atoms with Crippen molar-refractivity contribution in [2.45, 2.75) is 77.3 Å². The van der Waals surface area contributed by atoms with Crippen molar-refractivity contribution in [2.75, 3.05) is 16.8 Å². The largest absolute Gasteiger partial charge is 0.366 e. The highest BCUT2D eigenvalue weighted by Crippen LogP contribution is 2.30. The minimum absolute atomic E-state index is 0.00476. The van der Waals surface area contributed by atoms with Crippen LogP contribution in [-0.4, -0.2) is 24.4 Å². The van der Waals surface area contributed by atoms with E-state index in [1.807, 2.05) is 18.2 Å². The molecule has 0 spiro atoms. The van der Waals surface area contributed by atoms with Crippen molar-refractivity contribution in [1.29, 1.82) is 0 Å². The van der Waals surface area contributed by atoms with Crippen LogP contribution < -0.4 is 15.5 Å². The van der Waals surface area contributed by atoms with Crippen LogP contribution in [-0.2, 0) is 17.8 Å². The number of nitrogens with zero attached hydrogens (tertiary/aromatic N) is 1. The Morgan fingerprint density at radius 3 is 2.59 bits per heavy atom. The van der Waals surface area contributed by atoms with E-state index < -0.39 is 0 Å². The van der Waals surface area contributed by atoms with Gasteiger partial charge in [0.2, 0.25) is 5.91 Å². The highest BCUT2D eigenvalue weighted by Gasteiger charge is 2.24. The van der Waals surface area contributed by atoms with Crippen LogP contribution in [0.5, 0.6) is 0 Å². The maximum atomic E-state index is 13.4. The summed E-state index contributed by atoms with van der Waals surface area (Å²) in [4.78, 5) is 27.9. The summed E-state index contributed by atoms with van der Waals surface area (Å²) in [5.74, 6) is -0.0273. The lowest BCUT2D eigenvalue weighted by Crippen LogP contribution is -2.38. The van der Waals surface area contributed by atoms with E-state index in [9.17, 15) is 9.59 Å². The SMILES string of the molecule is CCCCC(=O)Nc1ccc(N2CCc3ccccc3C2)c(C(=O)NC2CCCCC2)c1. The van der Waals surface area contributed by atoms with Gasteiger partial charge in [0.25, 0.3) is 5.91 Å². The first kappa shape index (κ1) is 22.4. The number of hydrogen-bond donors (Lipinski definition) is 2. The third-order valence-corrected chi connectivity index (χ3v) is 6.69. The van der Waals surface area contributed by atoms with Crippen molar-refractivity contribution in [1.82, 2.24) is 5.32 Å². The molecule has 1 aliphatic heterocycles. The molecule has 0 aromatic heterocycles. The van der Waals surface area contributed by atoms with Crippen LogP contribution in [0.2, 0.25) is 0 Å². The zero-order valence-corrected chi connectivity index (χ0v) is 19.2. The van der Waals surface area contributed by atoms with Gasteiger partial charge in [-0.15, -0.1) is 0 Å². The molecule has 2 aliphatic rings. The summed E-state index contributed by atoms with van der Waals surface area (Å²) in [6, 6.07) is 14.6. The van der Waals surface area contributed by atoms with Gasteiger partial charge in [-0.3, -0.25) is 9.59 Å². The number of rotatable bonds is 7. The molecule has 32 heavy (non-hydrogen) atoms. The summed E-state index contributed by atoms with van der Waals surface area (Å²) in [6.07, 6.45) is 9.02. The molecule has 0 atom stereocenters. The number of fused-ring (bicyclic) bond motifs is 1. The molecule has 5 heteroatoms. The Morgan fingerprint density at radius 2 is 1.81 bits per heavy atom. The van der Waals surface area contributed by atoms with E-state index >= 15 is 0 Å². The number of amides is 2. The van der Waals surface area contributed by atoms with Crippen LogP contribution in [0.3, 0.4) is 0 Å². The zero-order valence-electron chi connectivity index (χ0n) is 19.2. The topological polar surface area (TPSA) is 61.4 Å². The first-order valence-corrected chi connectivity index (χ1v) is 12.2. The number of anilines is 2. The lowest BCUT2D eigenvalue weighted by Gasteiger charge is -2.32. The molecule has 0 saturated heterocycles. The molecular formula is C27H35N3O2. The first-order chi connectivity index (χ1) is 15.6. The van der Waals surface area contributed by atoms with Crippen LogP contribution in [0, 0.1) is 0 Å². The molecule has 0 radical (unpaired) electrons. The maximum Gasteiger partial charge on any atom is 0.253 e. The van der Waals surface area contributed by atoms with Crippen LogP contribution in [0.25, 0.3) is 0 Å². The molecule has 2 N–H and O–H groups in total. The third kappa shape index (κ3) is 5.50. The van der Waals surface area contributed by atoms with Gasteiger partial charge in [-0.05, 0) is 55.0 Å². The second kappa shape index (κ2) is 10.7. The number of carbonyl (C=O) groups is 2. The van der Waals surface area contributed by atoms with E-state index in [0.717, 1.165) is 50.9 Å². The minimum atomic E-state index is -0.0320. The predicted molar refractivity (Wildman–Crippen MR) is 130 cm³/mol. The van der Waals surface area contributed by atoms with Crippen molar-refractivity contribution in [3.63, 3.8) is 0 Å². The molecule has 0 bridgehead atoms. The molecule has 1 heterocycles. The molecule has 0 unspecified atom stereocenters. The van der Waals surface area contributed by atoms with Gasteiger partial charge in [-0.2, -0.15) is 0 Å². The fourth-order valence-corrected chi connectivity index (χ4v) is 4.84. The third-order valence-electron chi connectivity index (χ3n) is 6.69. The van der Waals surface area contributed by atoms with Crippen molar-refractivity contribution < 1.29 is 9.59 Å². The lowest BCUT2D eigenvalue weighted by atomic mass is 9.95. The smallest absolute Gasteiger partial charge is 0.253 e. The molecule has 2 aromatic rings. The Morgan fingerprint density at radius 1 is 1.03 bits per heavy atom. The minimum Gasteiger partial charge on any atom is -0.366 e. The monoisotopic (exact) mass is 433 g/mol. The van der Waals surface area contributed by atoms with Gasteiger partial charge in [0, 0.05) is 36.9 Å². The second-order valence-electron chi connectivity index (χ2n) is 9.13. The predicted octanol–water partition coefficient (Wildman–Crippen LogP) is 5.44. The van der Waals surface area contributed by atoms with E-state index in [-0.39, 0.29) is 17.9 Å². The van der Waals surface area contributed by atoms with E-state index in [0.29, 0.717) is 17.7 Å². The summed E-state index contributed by atoms with van der Waals surface area (Å²) in [7, 11) is 0. The Labute approximate surface area is 191 Å². The number of carbonyl (C=O) groups excluding carboxylic acids is 2. The summed E-state index contributed by atoms with van der Waals surface area (Å²) in [5.41, 5.74) is 5.00. The average molecular weight is 434 g/mol. The normalized spacial score (nSPS) is 16.3. The molecule has 5 nitrogen and oxygen atoms in total. The lowest BCUT2D eigenvalue weighted by molar-refractivity contribution is -0.116. The van der Waals surface area contributed by atoms with Crippen molar-refractivity contribution in [3.8, 4) is 0 Å². The van der Waals surface area contributed by atoms with Gasteiger partial charge in [0.1, 0.15) is 0 Å². The van der Waals surface area contributed by atoms with Crippen LogP contribution >= 0.6 is 0 Å². The fourth-order valence-electron chi connectivity index (χ4n) is 4.84. The maximum absolute atomic E-state index is 13.4. The molecule has 1 fully saturated rings. The first-order valence-electron chi connectivity index (χ1n) is 12.2. The number of benzene rings is 2. The standard InChI is InChI=1S/C27H35N3O2/c1-2-3-13-26(31)28-23-14-15-25(30-17-16-20-9-7-8-10-21(20)19-30)24(18-23)27(32)29-22-11-5-4-6-12-22/h7-10,14-15,18,22H,2-6,11-13,16-17,19H2,1H3,(H,28,31)(H,29,32). The second-order valence-corrected chi connectivity index (χ2v) is 9.13. The number of hydrogen-bond acceptors (Lipinski definition) is 3. The Balaban J connectivity index is 1.58. The fraction of sp³-hybridized carbons (Fsp3) is 0.481. The van der Waals surface area contributed by atoms with Gasteiger partial charge in [-0.25, -0.2) is 0 Å². The summed E-state index contributed by atoms with van der Waals surface area (Å²) < 4.78 is 0. The number of nitrogens with one attached hydrogen (secondary N) is 2. The molecule has 170 valence electrons.